The summed E-state index contributed by atoms with van der Waals surface area (Å²) in [6, 6.07) is 5.55. The van der Waals surface area contributed by atoms with Crippen molar-refractivity contribution in [2.75, 3.05) is 6.61 Å². The fraction of sp³-hybridized carbons (Fsp3) is 0.333. The average molecular weight is 229 g/mol. The molecule has 0 unspecified atom stereocenters. The highest BCUT2D eigenvalue weighted by Crippen LogP contribution is 2.29. The van der Waals surface area contributed by atoms with Gasteiger partial charge in [-0.3, -0.25) is 4.18 Å². The Balaban J connectivity index is 2.19. The Kier molecular flexibility index (Phi) is 2.64. The molecule has 2 N–H and O–H groups in total. The van der Waals surface area contributed by atoms with Crippen molar-refractivity contribution < 1.29 is 17.3 Å². The average Bonchev–Trinajstić information content (AvgIpc) is 2.61. The van der Waals surface area contributed by atoms with Gasteiger partial charge in [0.15, 0.2) is 0 Å². The van der Waals surface area contributed by atoms with Crippen LogP contribution < -0.4 is 9.88 Å². The van der Waals surface area contributed by atoms with E-state index in [0.29, 0.717) is 12.2 Å². The van der Waals surface area contributed by atoms with Crippen molar-refractivity contribution in [3.8, 4) is 5.75 Å². The van der Waals surface area contributed by atoms with Gasteiger partial charge in [-0.15, -0.1) is 0 Å². The highest BCUT2D eigenvalue weighted by Gasteiger charge is 2.16. The zero-order chi connectivity index (χ0) is 10.9. The van der Waals surface area contributed by atoms with Gasteiger partial charge in [0.25, 0.3) is 0 Å². The van der Waals surface area contributed by atoms with Gasteiger partial charge in [0.05, 0.1) is 13.2 Å². The van der Waals surface area contributed by atoms with E-state index < -0.39 is 10.3 Å². The Morgan fingerprint density at radius 2 is 2.27 bits per heavy atom. The summed E-state index contributed by atoms with van der Waals surface area (Å²) in [4.78, 5) is 0. The van der Waals surface area contributed by atoms with Gasteiger partial charge in [0.1, 0.15) is 5.75 Å². The smallest absolute Gasteiger partial charge is 0.333 e. The monoisotopic (exact) mass is 229 g/mol. The predicted octanol–water partition coefficient (Wildman–Crippen LogP) is 0.342. The zero-order valence-electron chi connectivity index (χ0n) is 7.97. The number of para-hydroxylation sites is 1. The summed E-state index contributed by atoms with van der Waals surface area (Å²) < 4.78 is 31.1. The van der Waals surface area contributed by atoms with Crippen molar-refractivity contribution in [3.05, 3.63) is 29.3 Å². The Morgan fingerprint density at radius 3 is 3.00 bits per heavy atom. The molecule has 15 heavy (non-hydrogen) atoms. The Bertz CT molecular complexity index is 469. The van der Waals surface area contributed by atoms with Crippen molar-refractivity contribution in [1.82, 2.24) is 0 Å². The van der Waals surface area contributed by atoms with Gasteiger partial charge in [-0.25, -0.2) is 5.14 Å². The third kappa shape index (κ3) is 2.47. The predicted molar refractivity (Wildman–Crippen MR) is 53.5 cm³/mol. The molecule has 0 aromatic heterocycles. The highest BCUT2D eigenvalue weighted by atomic mass is 32.2. The Morgan fingerprint density at radius 1 is 1.47 bits per heavy atom. The van der Waals surface area contributed by atoms with Crippen LogP contribution in [0.15, 0.2) is 18.2 Å². The molecule has 0 aliphatic carbocycles. The molecule has 0 amide bonds. The second kappa shape index (κ2) is 3.80. The van der Waals surface area contributed by atoms with Crippen LogP contribution in [0, 0.1) is 0 Å². The second-order valence-electron chi connectivity index (χ2n) is 3.26. The lowest BCUT2D eigenvalue weighted by Crippen LogP contribution is -2.15. The molecule has 0 saturated carbocycles. The SMILES string of the molecule is NS(=O)(=O)OCc1cccc2c1OCC2. The van der Waals surface area contributed by atoms with Gasteiger partial charge in [-0.2, -0.15) is 8.42 Å². The largest absolute Gasteiger partial charge is 0.493 e. The molecule has 82 valence electrons. The van der Waals surface area contributed by atoms with Crippen LogP contribution in [0.5, 0.6) is 5.75 Å². The number of benzene rings is 1. The van der Waals surface area contributed by atoms with E-state index in [9.17, 15) is 8.42 Å². The van der Waals surface area contributed by atoms with E-state index in [1.165, 1.54) is 0 Å². The molecule has 1 aromatic carbocycles. The molecule has 0 spiro atoms. The minimum Gasteiger partial charge on any atom is -0.493 e. The van der Waals surface area contributed by atoms with Crippen molar-refractivity contribution in [2.45, 2.75) is 13.0 Å². The number of nitrogens with two attached hydrogens (primary N) is 1. The first-order valence-corrected chi connectivity index (χ1v) is 5.94. The molecule has 0 fully saturated rings. The first kappa shape index (κ1) is 10.4. The molecule has 2 rings (SSSR count). The number of ether oxygens (including phenoxy) is 1. The first-order valence-electron chi connectivity index (χ1n) is 4.47. The lowest BCUT2D eigenvalue weighted by molar-refractivity contribution is 0.295. The molecule has 0 radical (unpaired) electrons. The third-order valence-corrected chi connectivity index (χ3v) is 2.62. The van der Waals surface area contributed by atoms with E-state index in [4.69, 9.17) is 9.88 Å². The van der Waals surface area contributed by atoms with Crippen molar-refractivity contribution in [2.24, 2.45) is 5.14 Å². The molecule has 5 nitrogen and oxygen atoms in total. The van der Waals surface area contributed by atoms with E-state index in [1.54, 1.807) is 6.07 Å². The quantitative estimate of drug-likeness (QED) is 0.810. The van der Waals surface area contributed by atoms with Gasteiger partial charge < -0.3 is 4.74 Å². The van der Waals surface area contributed by atoms with Crippen LogP contribution in [0.2, 0.25) is 0 Å². The van der Waals surface area contributed by atoms with Gasteiger partial charge in [-0.1, -0.05) is 18.2 Å². The Hall–Kier alpha value is -1.11. The fourth-order valence-electron chi connectivity index (χ4n) is 1.54. The summed E-state index contributed by atoms with van der Waals surface area (Å²) in [5.74, 6) is 0.723. The zero-order valence-corrected chi connectivity index (χ0v) is 8.79. The van der Waals surface area contributed by atoms with Crippen LogP contribution >= 0.6 is 0 Å². The highest BCUT2D eigenvalue weighted by molar-refractivity contribution is 7.84. The number of rotatable bonds is 3. The first-order chi connectivity index (χ1) is 7.06. The summed E-state index contributed by atoms with van der Waals surface area (Å²) in [6.45, 7) is 0.545. The molecule has 1 aliphatic rings. The van der Waals surface area contributed by atoms with Gasteiger partial charge in [0, 0.05) is 12.0 Å². The van der Waals surface area contributed by atoms with Gasteiger partial charge in [-0.05, 0) is 5.56 Å². The molecule has 0 bridgehead atoms. The van der Waals surface area contributed by atoms with Crippen LogP contribution in [-0.2, 0) is 27.5 Å². The van der Waals surface area contributed by atoms with Crippen LogP contribution in [-0.4, -0.2) is 15.0 Å². The molecule has 0 atom stereocenters. The summed E-state index contributed by atoms with van der Waals surface area (Å²) in [5, 5.41) is 4.74. The molecule has 1 heterocycles. The molecular formula is C9H11NO4S. The molecule has 1 aromatic rings. The maximum atomic E-state index is 10.6. The van der Waals surface area contributed by atoms with Crippen LogP contribution in [0.4, 0.5) is 0 Å². The van der Waals surface area contributed by atoms with E-state index in [-0.39, 0.29) is 6.61 Å². The summed E-state index contributed by atoms with van der Waals surface area (Å²) in [5.41, 5.74) is 1.78. The normalized spacial score (nSPS) is 14.7. The summed E-state index contributed by atoms with van der Waals surface area (Å²) in [6.07, 6.45) is 0.846. The summed E-state index contributed by atoms with van der Waals surface area (Å²) in [7, 11) is -3.90. The van der Waals surface area contributed by atoms with Crippen molar-refractivity contribution in [3.63, 3.8) is 0 Å². The minimum atomic E-state index is -3.90. The van der Waals surface area contributed by atoms with Crippen LogP contribution in [0.3, 0.4) is 0 Å². The molecule has 6 heteroatoms. The lowest BCUT2D eigenvalue weighted by atomic mass is 10.1. The van der Waals surface area contributed by atoms with Gasteiger partial charge >= 0.3 is 10.3 Å². The summed E-state index contributed by atoms with van der Waals surface area (Å²) >= 11 is 0. The van der Waals surface area contributed by atoms with E-state index in [2.05, 4.69) is 4.18 Å². The maximum absolute atomic E-state index is 10.6. The Labute approximate surface area is 88.1 Å². The minimum absolute atomic E-state index is 0.0813. The van der Waals surface area contributed by atoms with Crippen LogP contribution in [0.1, 0.15) is 11.1 Å². The van der Waals surface area contributed by atoms with E-state index in [1.807, 2.05) is 12.1 Å². The van der Waals surface area contributed by atoms with Crippen molar-refractivity contribution in [1.29, 1.82) is 0 Å². The lowest BCUT2D eigenvalue weighted by Gasteiger charge is -2.06. The second-order valence-corrected chi connectivity index (χ2v) is 4.48. The number of hydrogen-bond donors (Lipinski definition) is 1. The van der Waals surface area contributed by atoms with Crippen LogP contribution in [0.25, 0.3) is 0 Å². The third-order valence-electron chi connectivity index (χ3n) is 2.17. The molecule has 0 saturated heterocycles. The van der Waals surface area contributed by atoms with E-state index in [0.717, 1.165) is 17.7 Å². The number of hydrogen-bond acceptors (Lipinski definition) is 4. The maximum Gasteiger partial charge on any atom is 0.333 e. The van der Waals surface area contributed by atoms with Gasteiger partial charge in [0.2, 0.25) is 0 Å². The molecular weight excluding hydrogens is 218 g/mol. The molecule has 1 aliphatic heterocycles. The fourth-order valence-corrected chi connectivity index (χ4v) is 1.83. The van der Waals surface area contributed by atoms with E-state index >= 15 is 0 Å². The van der Waals surface area contributed by atoms with Crippen molar-refractivity contribution >= 4 is 10.3 Å². The number of fused-ring (bicyclic) bond motifs is 1. The topological polar surface area (TPSA) is 78.6 Å². The standard InChI is InChI=1S/C9H11NO4S/c10-15(11,12)14-6-8-3-1-2-7-4-5-13-9(7)8/h1-3H,4-6H2,(H2,10,11,12).